The van der Waals surface area contributed by atoms with Crippen molar-refractivity contribution in [2.45, 2.75) is 74.8 Å². The predicted molar refractivity (Wildman–Crippen MR) is 181 cm³/mol. The molecule has 2 aromatic carbocycles. The third kappa shape index (κ3) is 3.92. The van der Waals surface area contributed by atoms with Crippen LogP contribution in [0.5, 0.6) is 11.9 Å². The van der Waals surface area contributed by atoms with Gasteiger partial charge in [-0.05, 0) is 56.4 Å². The van der Waals surface area contributed by atoms with Gasteiger partial charge in [-0.2, -0.15) is 9.97 Å². The van der Waals surface area contributed by atoms with Crippen molar-refractivity contribution in [3.05, 3.63) is 59.7 Å². The molecule has 254 valence electrons. The number of pyridine rings is 1. The second-order valence-electron chi connectivity index (χ2n) is 14.7. The van der Waals surface area contributed by atoms with Gasteiger partial charge in [0, 0.05) is 30.1 Å². The topological polar surface area (TPSA) is 104 Å². The smallest absolute Gasteiger partial charge is 0.407 e. The monoisotopic (exact) mass is 676 g/mol. The molecule has 0 spiro atoms. The van der Waals surface area contributed by atoms with Crippen molar-refractivity contribution >= 4 is 33.6 Å². The van der Waals surface area contributed by atoms with Crippen molar-refractivity contribution in [1.29, 1.82) is 0 Å². The fraction of sp³-hybridized carbons (Fsp3) is 0.421. The van der Waals surface area contributed by atoms with Crippen molar-refractivity contribution < 1.29 is 28.2 Å². The lowest BCUT2D eigenvalue weighted by Gasteiger charge is -2.47. The van der Waals surface area contributed by atoms with E-state index in [2.05, 4.69) is 17.4 Å². The van der Waals surface area contributed by atoms with E-state index < -0.39 is 29.9 Å². The summed E-state index contributed by atoms with van der Waals surface area (Å²) in [5.74, 6) is 2.24. The number of anilines is 1. The molecule has 7 unspecified atom stereocenters. The average Bonchev–Trinajstić information content (AvgIpc) is 3.57. The van der Waals surface area contributed by atoms with Crippen LogP contribution in [-0.4, -0.2) is 91.5 Å². The van der Waals surface area contributed by atoms with Gasteiger partial charge in [0.1, 0.15) is 40.9 Å². The molecule has 5 fully saturated rings. The molecular formula is C38H34F2N6O4. The van der Waals surface area contributed by atoms with Gasteiger partial charge in [0.15, 0.2) is 5.82 Å². The summed E-state index contributed by atoms with van der Waals surface area (Å²) >= 11 is 0. The molecule has 4 saturated heterocycles. The Morgan fingerprint density at radius 1 is 1.18 bits per heavy atom. The quantitative estimate of drug-likeness (QED) is 0.214. The molecule has 5 aliphatic heterocycles. The number of carboxylic acid groups (broad SMARTS) is 1. The van der Waals surface area contributed by atoms with Crippen LogP contribution in [0.3, 0.4) is 0 Å². The molecule has 50 heavy (non-hydrogen) atoms. The first kappa shape index (κ1) is 29.9. The molecule has 12 heteroatoms. The number of hydrogen-bond acceptors (Lipinski definition) is 8. The van der Waals surface area contributed by atoms with Crippen LogP contribution in [0.4, 0.5) is 19.4 Å². The van der Waals surface area contributed by atoms with Gasteiger partial charge < -0.3 is 19.5 Å². The minimum atomic E-state index is -0.975. The van der Waals surface area contributed by atoms with Crippen LogP contribution in [0.15, 0.2) is 42.5 Å². The van der Waals surface area contributed by atoms with Crippen LogP contribution in [0.1, 0.15) is 44.6 Å². The third-order valence-electron chi connectivity index (χ3n) is 12.3. The Hall–Kier alpha value is -5.02. The zero-order valence-electron chi connectivity index (χ0n) is 27.4. The van der Waals surface area contributed by atoms with Crippen molar-refractivity contribution in [2.24, 2.45) is 5.92 Å². The number of piperidine rings is 1. The van der Waals surface area contributed by atoms with Crippen molar-refractivity contribution in [3.8, 4) is 35.5 Å². The van der Waals surface area contributed by atoms with Gasteiger partial charge in [0.05, 0.1) is 29.2 Å². The lowest BCUT2D eigenvalue weighted by atomic mass is 9.89. The Labute approximate surface area is 286 Å². The second kappa shape index (κ2) is 10.3. The number of halogens is 2. The fourth-order valence-corrected chi connectivity index (χ4v) is 10.00. The number of nitrogens with zero attached hydrogens (tertiary/aromatic N) is 6. The molecule has 10 nitrogen and oxygen atoms in total. The molecule has 6 aliphatic rings. The molecule has 1 amide bonds. The van der Waals surface area contributed by atoms with Gasteiger partial charge in [-0.3, -0.25) is 9.80 Å². The zero-order chi connectivity index (χ0) is 34.2. The van der Waals surface area contributed by atoms with E-state index in [1.807, 2.05) is 11.8 Å². The van der Waals surface area contributed by atoms with E-state index in [9.17, 15) is 9.90 Å². The van der Waals surface area contributed by atoms with Crippen molar-refractivity contribution in [2.75, 3.05) is 24.6 Å². The van der Waals surface area contributed by atoms with Crippen molar-refractivity contribution in [3.63, 3.8) is 0 Å². The number of aromatic nitrogens is 3. The van der Waals surface area contributed by atoms with E-state index in [0.29, 0.717) is 60.1 Å². The number of amides is 1. The summed E-state index contributed by atoms with van der Waals surface area (Å²) in [4.78, 5) is 32.9. The summed E-state index contributed by atoms with van der Waals surface area (Å²) in [7, 11) is 0. The molecule has 2 bridgehead atoms. The number of benzene rings is 2. The van der Waals surface area contributed by atoms with Crippen LogP contribution in [-0.2, 0) is 0 Å². The Morgan fingerprint density at radius 3 is 2.86 bits per heavy atom. The number of carbonyl (C=O) groups is 1. The standard InChI is InChI=1S/C38H34F2N6O4/c1-4-23-25(39)10-8-20-6-5-7-24(28(20)23)31-30(40)32-29-34(43-36(42-32)49-17-38-15-21-14-27(21)45(38)13-12-18(38)2)44-16-22-9-11-26(46(22)37(47)48)33(44)19(3)50-35(29)41-31/h1,5-8,10,19,21-22,26-27,33H,2,9,11-17H2,3H3,(H,47,48). The first-order valence-corrected chi connectivity index (χ1v) is 17.3. The molecule has 1 N–H and O–H groups in total. The van der Waals surface area contributed by atoms with Crippen LogP contribution < -0.4 is 14.4 Å². The van der Waals surface area contributed by atoms with Gasteiger partial charge in [0.25, 0.3) is 0 Å². The lowest BCUT2D eigenvalue weighted by Crippen LogP contribution is -2.64. The maximum Gasteiger partial charge on any atom is 0.407 e. The minimum Gasteiger partial charge on any atom is -0.472 e. The van der Waals surface area contributed by atoms with E-state index >= 15 is 8.78 Å². The summed E-state index contributed by atoms with van der Waals surface area (Å²) < 4.78 is 45.3. The molecule has 0 radical (unpaired) electrons. The van der Waals surface area contributed by atoms with Crippen LogP contribution in [0.2, 0.25) is 0 Å². The van der Waals surface area contributed by atoms with E-state index in [1.165, 1.54) is 17.4 Å². The minimum absolute atomic E-state index is 0.00378. The van der Waals surface area contributed by atoms with E-state index in [1.54, 1.807) is 24.3 Å². The van der Waals surface area contributed by atoms with Gasteiger partial charge in [0.2, 0.25) is 5.88 Å². The second-order valence-corrected chi connectivity index (χ2v) is 14.7. The summed E-state index contributed by atoms with van der Waals surface area (Å²) in [6.07, 6.45) is 8.67. The van der Waals surface area contributed by atoms with Crippen molar-refractivity contribution in [1.82, 2.24) is 24.8 Å². The summed E-state index contributed by atoms with van der Waals surface area (Å²) in [5, 5.41) is 11.4. The highest BCUT2D eigenvalue weighted by Gasteiger charge is 2.63. The summed E-state index contributed by atoms with van der Waals surface area (Å²) in [6, 6.07) is 7.58. The van der Waals surface area contributed by atoms with Gasteiger partial charge >= 0.3 is 12.1 Å². The van der Waals surface area contributed by atoms with Gasteiger partial charge in [-0.15, -0.1) is 6.42 Å². The molecule has 10 rings (SSSR count). The fourth-order valence-electron chi connectivity index (χ4n) is 10.00. The molecule has 4 aromatic rings. The van der Waals surface area contributed by atoms with E-state index in [4.69, 9.17) is 30.8 Å². The highest BCUT2D eigenvalue weighted by atomic mass is 19.1. The van der Waals surface area contributed by atoms with E-state index in [-0.39, 0.29) is 51.7 Å². The Morgan fingerprint density at radius 2 is 2.04 bits per heavy atom. The van der Waals surface area contributed by atoms with E-state index in [0.717, 1.165) is 25.0 Å². The highest BCUT2D eigenvalue weighted by molar-refractivity contribution is 6.03. The first-order valence-electron chi connectivity index (χ1n) is 17.3. The Kier molecular flexibility index (Phi) is 6.13. The van der Waals surface area contributed by atoms with Gasteiger partial charge in [-0.1, -0.05) is 42.3 Å². The summed E-state index contributed by atoms with van der Waals surface area (Å²) in [6.45, 7) is 7.87. The highest BCUT2D eigenvalue weighted by Crippen LogP contribution is 2.58. The SMILES string of the molecule is C#Cc1c(F)ccc2cccc(-c3nc4c5c(nc(OCC67CC8CC8N6CCC7=C)nc5c3F)N3CC5CCC(C3C(C)O4)N5C(=O)O)c12. The number of ether oxygens (including phenoxy) is 2. The third-order valence-corrected chi connectivity index (χ3v) is 12.3. The Balaban J connectivity index is 1.17. The number of hydrogen-bond donors (Lipinski definition) is 1. The number of piperazine rings is 1. The molecule has 7 atom stereocenters. The first-order chi connectivity index (χ1) is 24.2. The normalized spacial score (nSPS) is 30.5. The molecule has 2 aromatic heterocycles. The molecular weight excluding hydrogens is 642 g/mol. The largest absolute Gasteiger partial charge is 0.472 e. The average molecular weight is 677 g/mol. The maximum absolute atomic E-state index is 17.2. The molecule has 1 aliphatic carbocycles. The molecule has 1 saturated carbocycles. The Bertz CT molecular complexity index is 2240. The zero-order valence-corrected chi connectivity index (χ0v) is 27.4. The van der Waals surface area contributed by atoms with Crippen LogP contribution in [0, 0.1) is 29.9 Å². The number of terminal acetylenes is 1. The summed E-state index contributed by atoms with van der Waals surface area (Å²) in [5.41, 5.74) is 0.989. The number of rotatable bonds is 4. The molecule has 7 heterocycles. The predicted octanol–water partition coefficient (Wildman–Crippen LogP) is 5.76. The van der Waals surface area contributed by atoms with Gasteiger partial charge in [-0.25, -0.2) is 18.6 Å². The lowest BCUT2D eigenvalue weighted by molar-refractivity contribution is 0.0706. The van der Waals surface area contributed by atoms with Crippen LogP contribution in [0.25, 0.3) is 32.9 Å². The number of fused-ring (bicyclic) bond motifs is 9. The van der Waals surface area contributed by atoms with Crippen LogP contribution >= 0.6 is 0 Å². The maximum atomic E-state index is 17.2.